The van der Waals surface area contributed by atoms with E-state index >= 15 is 0 Å². The molecule has 6 heteroatoms. The van der Waals surface area contributed by atoms with Gasteiger partial charge in [0.1, 0.15) is 0 Å². The summed E-state index contributed by atoms with van der Waals surface area (Å²) < 4.78 is 0. The maximum absolute atomic E-state index is 5.15. The van der Waals surface area contributed by atoms with Gasteiger partial charge in [-0.2, -0.15) is 0 Å². The fourth-order valence-corrected chi connectivity index (χ4v) is 7.43. The Morgan fingerprint density at radius 3 is 1.52 bits per heavy atom. The lowest BCUT2D eigenvalue weighted by Gasteiger charge is -2.21. The molecule has 52 heavy (non-hydrogen) atoms. The van der Waals surface area contributed by atoms with Crippen LogP contribution in [0.15, 0.2) is 170 Å². The Bertz CT molecular complexity index is 2740. The average molecular weight is 667 g/mol. The quantitative estimate of drug-likeness (QED) is 0.178. The number of pyridine rings is 5. The van der Waals surface area contributed by atoms with Gasteiger partial charge in [-0.1, -0.05) is 72.8 Å². The summed E-state index contributed by atoms with van der Waals surface area (Å²) in [5.41, 5.74) is 10.1. The van der Waals surface area contributed by atoms with Crippen LogP contribution < -0.4 is 5.32 Å². The number of hydrogen-bond acceptors (Lipinski definition) is 6. The molecule has 0 saturated heterocycles. The van der Waals surface area contributed by atoms with Crippen LogP contribution in [0.4, 0.5) is 0 Å². The van der Waals surface area contributed by atoms with E-state index in [9.17, 15) is 0 Å². The average Bonchev–Trinajstić information content (AvgIpc) is 3.23. The smallest absolute Gasteiger partial charge is 0.0900 e. The van der Waals surface area contributed by atoms with Gasteiger partial charge >= 0.3 is 0 Å². The molecule has 244 valence electrons. The first kappa shape index (κ1) is 29.8. The third kappa shape index (κ3) is 5.17. The lowest BCUT2D eigenvalue weighted by atomic mass is 9.85. The lowest BCUT2D eigenvalue weighted by Crippen LogP contribution is -2.16. The number of nitrogens with zero attached hydrogens (tertiary/aromatic N) is 5. The third-order valence-corrected chi connectivity index (χ3v) is 9.83. The summed E-state index contributed by atoms with van der Waals surface area (Å²) in [6.45, 7) is 0. The molecule has 0 aliphatic carbocycles. The van der Waals surface area contributed by atoms with Crippen LogP contribution >= 0.6 is 0 Å². The Labute approximate surface area is 300 Å². The highest BCUT2D eigenvalue weighted by Gasteiger charge is 2.21. The van der Waals surface area contributed by atoms with E-state index in [0.29, 0.717) is 0 Å². The second kappa shape index (κ2) is 12.4. The highest BCUT2D eigenvalue weighted by Crippen LogP contribution is 2.45. The van der Waals surface area contributed by atoms with Gasteiger partial charge in [-0.15, -0.1) is 0 Å². The van der Waals surface area contributed by atoms with Gasteiger partial charge in [0.2, 0.25) is 0 Å². The Balaban J connectivity index is 1.30. The monoisotopic (exact) mass is 666 g/mol. The minimum Gasteiger partial charge on any atom is -0.379 e. The Kier molecular flexibility index (Phi) is 7.10. The van der Waals surface area contributed by atoms with Crippen LogP contribution in [0.5, 0.6) is 0 Å². The van der Waals surface area contributed by atoms with Crippen LogP contribution in [0.3, 0.4) is 0 Å². The number of rotatable bonds is 6. The molecule has 5 aromatic heterocycles. The minimum atomic E-state index is -0.0753. The van der Waals surface area contributed by atoms with Crippen molar-refractivity contribution in [1.29, 1.82) is 0 Å². The maximum Gasteiger partial charge on any atom is 0.0900 e. The number of benzene rings is 4. The summed E-state index contributed by atoms with van der Waals surface area (Å²) >= 11 is 0. The Morgan fingerprint density at radius 1 is 0.442 bits per heavy atom. The van der Waals surface area contributed by atoms with Crippen LogP contribution in [-0.4, -0.2) is 24.9 Å². The first-order valence-corrected chi connectivity index (χ1v) is 17.4. The van der Waals surface area contributed by atoms with E-state index in [-0.39, 0.29) is 6.04 Å². The molecule has 6 heterocycles. The molecule has 0 bridgehead atoms. The molecule has 0 fully saturated rings. The van der Waals surface area contributed by atoms with Gasteiger partial charge in [0, 0.05) is 18.6 Å². The van der Waals surface area contributed by atoms with Gasteiger partial charge in [-0.25, -0.2) is 9.97 Å². The second-order valence-electron chi connectivity index (χ2n) is 13.0. The Hall–Kier alpha value is -7.05. The summed E-state index contributed by atoms with van der Waals surface area (Å²) in [6.07, 6.45) is 13.6. The SMILES string of the molecule is C1=CNC(c2cc(-c3cc(-c4cc(-c5ccccn5)nc(-c5ccccn5)c4)c4ccc5cccc6ccc3c4c56)cc(-c3ccccn3)n2)C=C1. The van der Waals surface area contributed by atoms with Crippen LogP contribution in [-0.2, 0) is 0 Å². The van der Waals surface area contributed by atoms with Gasteiger partial charge in [0.05, 0.1) is 45.9 Å². The number of aromatic nitrogens is 5. The van der Waals surface area contributed by atoms with Crippen molar-refractivity contribution < 1.29 is 0 Å². The van der Waals surface area contributed by atoms with Crippen LogP contribution in [0.25, 0.3) is 88.7 Å². The predicted molar refractivity (Wildman–Crippen MR) is 210 cm³/mol. The summed E-state index contributed by atoms with van der Waals surface area (Å²) in [6, 6.07) is 44.4. The van der Waals surface area contributed by atoms with E-state index in [0.717, 1.165) is 62.1 Å². The molecule has 6 nitrogen and oxygen atoms in total. The van der Waals surface area contributed by atoms with Gasteiger partial charge < -0.3 is 5.32 Å². The van der Waals surface area contributed by atoms with E-state index in [1.807, 2.05) is 85.5 Å². The fourth-order valence-electron chi connectivity index (χ4n) is 7.43. The normalized spacial score (nSPS) is 14.0. The zero-order valence-electron chi connectivity index (χ0n) is 28.0. The summed E-state index contributed by atoms with van der Waals surface area (Å²) in [7, 11) is 0. The third-order valence-electron chi connectivity index (χ3n) is 9.83. The van der Waals surface area contributed by atoms with Gasteiger partial charge in [0.15, 0.2) is 0 Å². The number of nitrogens with one attached hydrogen (secondary N) is 1. The predicted octanol–water partition coefficient (Wildman–Crippen LogP) is 10.6. The molecule has 4 aromatic carbocycles. The summed E-state index contributed by atoms with van der Waals surface area (Å²) in [5, 5.41) is 10.8. The number of dihydropyridines is 1. The molecule has 0 spiro atoms. The second-order valence-corrected chi connectivity index (χ2v) is 13.0. The van der Waals surface area contributed by atoms with Gasteiger partial charge in [-0.3, -0.25) is 15.0 Å². The van der Waals surface area contributed by atoms with Crippen molar-refractivity contribution in [3.63, 3.8) is 0 Å². The van der Waals surface area contributed by atoms with Crippen LogP contribution in [0.2, 0.25) is 0 Å². The molecule has 0 radical (unpaired) electrons. The molecular formula is C46H30N6. The van der Waals surface area contributed by atoms with Crippen molar-refractivity contribution in [3.8, 4) is 56.4 Å². The molecule has 1 aliphatic rings. The highest BCUT2D eigenvalue weighted by molar-refractivity contribution is 6.28. The van der Waals surface area contributed by atoms with E-state index in [2.05, 4.69) is 90.3 Å². The zero-order valence-corrected chi connectivity index (χ0v) is 28.0. The zero-order chi connectivity index (χ0) is 34.4. The van der Waals surface area contributed by atoms with Gasteiger partial charge in [0.25, 0.3) is 0 Å². The first-order chi connectivity index (χ1) is 25.8. The van der Waals surface area contributed by atoms with Crippen molar-refractivity contribution in [2.75, 3.05) is 0 Å². The van der Waals surface area contributed by atoms with Crippen molar-refractivity contribution in [2.45, 2.75) is 6.04 Å². The molecule has 9 aromatic rings. The summed E-state index contributed by atoms with van der Waals surface area (Å²) in [5.74, 6) is 0. The topological polar surface area (TPSA) is 76.5 Å². The molecular weight excluding hydrogens is 637 g/mol. The van der Waals surface area contributed by atoms with Gasteiger partial charge in [-0.05, 0) is 134 Å². The number of hydrogen-bond donors (Lipinski definition) is 1. The van der Waals surface area contributed by atoms with Crippen molar-refractivity contribution >= 4 is 32.3 Å². The molecule has 0 amide bonds. The van der Waals surface area contributed by atoms with E-state index in [4.69, 9.17) is 24.9 Å². The molecule has 1 atom stereocenters. The lowest BCUT2D eigenvalue weighted by molar-refractivity contribution is 0.722. The van der Waals surface area contributed by atoms with E-state index in [1.165, 1.54) is 32.3 Å². The molecule has 1 unspecified atom stereocenters. The van der Waals surface area contributed by atoms with E-state index < -0.39 is 0 Å². The maximum atomic E-state index is 5.15. The molecule has 1 N–H and O–H groups in total. The van der Waals surface area contributed by atoms with Crippen molar-refractivity contribution in [2.24, 2.45) is 0 Å². The van der Waals surface area contributed by atoms with Crippen molar-refractivity contribution in [3.05, 3.63) is 176 Å². The van der Waals surface area contributed by atoms with Crippen LogP contribution in [0, 0.1) is 0 Å². The number of allylic oxidation sites excluding steroid dienone is 2. The fraction of sp³-hybridized carbons (Fsp3) is 0.0217. The largest absolute Gasteiger partial charge is 0.379 e. The standard InChI is InChI=1S/C46H30N6/c1-5-20-47-37(12-1)41-24-31(25-42(51-41)38-13-2-6-21-48-38)35-28-36(34-19-17-30-11-9-10-29-16-18-33(35)46(34)45(29)30)32-26-43(39-14-3-7-22-49-39)52-44(27-32)40-15-4-8-23-50-40/h1-28,37,47H. The molecule has 10 rings (SSSR count). The Morgan fingerprint density at radius 2 is 1.00 bits per heavy atom. The molecule has 0 saturated carbocycles. The first-order valence-electron chi connectivity index (χ1n) is 17.4. The van der Waals surface area contributed by atoms with Crippen molar-refractivity contribution in [1.82, 2.24) is 30.2 Å². The van der Waals surface area contributed by atoms with E-state index in [1.54, 1.807) is 0 Å². The minimum absolute atomic E-state index is 0.0753. The van der Waals surface area contributed by atoms with Crippen LogP contribution in [0.1, 0.15) is 11.7 Å². The summed E-state index contributed by atoms with van der Waals surface area (Å²) in [4.78, 5) is 24.3. The molecule has 1 aliphatic heterocycles. The highest BCUT2D eigenvalue weighted by atomic mass is 14.9.